The fourth-order valence-electron chi connectivity index (χ4n) is 6.47. The minimum absolute atomic E-state index is 0.0251. The first-order valence-electron chi connectivity index (χ1n) is 18.0. The molecule has 0 bridgehead atoms. The predicted molar refractivity (Wildman–Crippen MR) is 171 cm³/mol. The normalized spacial score (nSPS) is 25.2. The van der Waals surface area contributed by atoms with Crippen LogP contribution in [0.1, 0.15) is 174 Å². The molecule has 4 unspecified atom stereocenters. The molecule has 41 heavy (non-hydrogen) atoms. The zero-order chi connectivity index (χ0) is 29.0. The largest absolute Gasteiger partial charge is 0.455 e. The molecular weight excluding hydrogens is 508 g/mol. The van der Waals surface area contributed by atoms with E-state index in [0.29, 0.717) is 24.4 Å². The lowest BCUT2D eigenvalue weighted by Gasteiger charge is -2.03. The first kappa shape index (κ1) is 34.4. The van der Waals surface area contributed by atoms with E-state index in [0.717, 1.165) is 24.8 Å². The van der Waals surface area contributed by atoms with E-state index in [2.05, 4.69) is 19.1 Å². The molecule has 3 aliphatic rings. The molecule has 236 valence electrons. The highest BCUT2D eigenvalue weighted by atomic mass is 16.6. The second kappa shape index (κ2) is 21.5. The number of hydrogen-bond acceptors (Lipinski definition) is 4. The van der Waals surface area contributed by atoms with E-state index in [1.165, 1.54) is 141 Å². The molecule has 0 radical (unpaired) electrons. The van der Waals surface area contributed by atoms with E-state index in [-0.39, 0.29) is 12.1 Å². The molecule has 0 aromatic rings. The summed E-state index contributed by atoms with van der Waals surface area (Å²) < 4.78 is 17.0. The van der Waals surface area contributed by atoms with Crippen molar-refractivity contribution in [3.05, 3.63) is 23.8 Å². The number of carbonyl (C=O) groups is 1. The van der Waals surface area contributed by atoms with E-state index in [1.54, 1.807) is 0 Å². The summed E-state index contributed by atoms with van der Waals surface area (Å²) in [7, 11) is 0. The van der Waals surface area contributed by atoms with Crippen LogP contribution in [0.15, 0.2) is 23.8 Å². The molecule has 3 rings (SSSR count). The standard InChI is InChI=1S/C37H64O4/c1-3-4-5-6-7-8-9-10-14-17-20-23-26-33-35(40-33)28-29-36-34(41-36)27-24-21-18-15-12-11-13-16-19-22-25-32-30-31(2)39-37(32)38/h20,23,30-31,33-36H,3-19,21-22,24-29H2,1-2H3/b23-20+/t31-,33?,34?,35?,36?/m0/s1. The Bertz CT molecular complexity index is 743. The predicted octanol–water partition coefficient (Wildman–Crippen LogP) is 10.7. The second-order valence-electron chi connectivity index (χ2n) is 13.2. The van der Waals surface area contributed by atoms with Gasteiger partial charge in [-0.25, -0.2) is 4.79 Å². The lowest BCUT2D eigenvalue weighted by atomic mass is 10.0. The number of allylic oxidation sites excluding steroid dienone is 1. The van der Waals surface area contributed by atoms with E-state index < -0.39 is 0 Å². The molecule has 4 heteroatoms. The summed E-state index contributed by atoms with van der Waals surface area (Å²) in [5.41, 5.74) is 0.892. The topological polar surface area (TPSA) is 51.4 Å². The van der Waals surface area contributed by atoms with Crippen LogP contribution >= 0.6 is 0 Å². The average Bonchev–Trinajstić information content (AvgIpc) is 3.87. The van der Waals surface area contributed by atoms with Crippen LogP contribution in [-0.2, 0) is 19.0 Å². The molecule has 0 aromatic heterocycles. The molecule has 3 aliphatic heterocycles. The van der Waals surface area contributed by atoms with Gasteiger partial charge in [0, 0.05) is 5.57 Å². The lowest BCUT2D eigenvalue weighted by molar-refractivity contribution is -0.139. The van der Waals surface area contributed by atoms with Crippen LogP contribution in [0.4, 0.5) is 0 Å². The van der Waals surface area contributed by atoms with Gasteiger partial charge < -0.3 is 14.2 Å². The van der Waals surface area contributed by atoms with Crippen molar-refractivity contribution in [2.45, 2.75) is 205 Å². The van der Waals surface area contributed by atoms with Gasteiger partial charge in [-0.15, -0.1) is 0 Å². The van der Waals surface area contributed by atoms with Crippen molar-refractivity contribution < 1.29 is 19.0 Å². The Labute approximate surface area is 253 Å². The smallest absolute Gasteiger partial charge is 0.334 e. The summed E-state index contributed by atoms with van der Waals surface area (Å²) in [6.45, 7) is 4.22. The van der Waals surface area contributed by atoms with Gasteiger partial charge in [-0.3, -0.25) is 0 Å². The maximum Gasteiger partial charge on any atom is 0.334 e. The number of rotatable bonds is 28. The molecular formula is C37H64O4. The molecule has 0 aliphatic carbocycles. The number of unbranched alkanes of at least 4 members (excludes halogenated alkanes) is 18. The van der Waals surface area contributed by atoms with Crippen molar-refractivity contribution in [1.82, 2.24) is 0 Å². The Hall–Kier alpha value is -1.13. The second-order valence-corrected chi connectivity index (χ2v) is 13.2. The molecule has 2 saturated heterocycles. The van der Waals surface area contributed by atoms with Crippen LogP contribution in [-0.4, -0.2) is 36.5 Å². The van der Waals surface area contributed by atoms with Gasteiger partial charge in [-0.1, -0.05) is 128 Å². The maximum atomic E-state index is 11.6. The summed E-state index contributed by atoms with van der Waals surface area (Å²) in [4.78, 5) is 11.6. The molecule has 0 N–H and O–H groups in total. The van der Waals surface area contributed by atoms with Crippen LogP contribution < -0.4 is 0 Å². The zero-order valence-electron chi connectivity index (χ0n) is 26.9. The fraction of sp³-hybridized carbons (Fsp3) is 0.865. The molecule has 4 nitrogen and oxygen atoms in total. The first-order valence-corrected chi connectivity index (χ1v) is 18.0. The third-order valence-corrected chi connectivity index (χ3v) is 9.30. The molecule has 2 fully saturated rings. The van der Waals surface area contributed by atoms with Gasteiger partial charge in [-0.2, -0.15) is 0 Å². The Morgan fingerprint density at radius 1 is 0.610 bits per heavy atom. The SMILES string of the molecule is CCCCCCCCCCC/C=C/CC1OC1CCC1OC1CCCCCCCCCCCCC1=C[C@H](C)OC1=O. The van der Waals surface area contributed by atoms with Crippen LogP contribution in [0.3, 0.4) is 0 Å². The average molecular weight is 573 g/mol. The molecule has 3 heterocycles. The number of cyclic esters (lactones) is 1. The monoisotopic (exact) mass is 572 g/mol. The lowest BCUT2D eigenvalue weighted by Crippen LogP contribution is -2.03. The summed E-state index contributed by atoms with van der Waals surface area (Å²) in [6.07, 6.45) is 41.4. The summed E-state index contributed by atoms with van der Waals surface area (Å²) >= 11 is 0. The van der Waals surface area contributed by atoms with Gasteiger partial charge in [-0.05, 0) is 64.4 Å². The van der Waals surface area contributed by atoms with Crippen LogP contribution in [0.2, 0.25) is 0 Å². The molecule has 0 amide bonds. The number of epoxide rings is 2. The number of hydrogen-bond donors (Lipinski definition) is 0. The van der Waals surface area contributed by atoms with Gasteiger partial charge in [0.2, 0.25) is 0 Å². The number of ether oxygens (including phenoxy) is 3. The third kappa shape index (κ3) is 16.3. The van der Waals surface area contributed by atoms with Crippen molar-refractivity contribution in [3.8, 4) is 0 Å². The van der Waals surface area contributed by atoms with E-state index in [4.69, 9.17) is 14.2 Å². The summed E-state index contributed by atoms with van der Waals surface area (Å²) in [6, 6.07) is 0. The van der Waals surface area contributed by atoms with Crippen molar-refractivity contribution in [3.63, 3.8) is 0 Å². The van der Waals surface area contributed by atoms with Crippen LogP contribution in [0, 0.1) is 0 Å². The van der Waals surface area contributed by atoms with Gasteiger partial charge >= 0.3 is 5.97 Å². The van der Waals surface area contributed by atoms with Gasteiger partial charge in [0.25, 0.3) is 0 Å². The molecule has 0 spiro atoms. The zero-order valence-corrected chi connectivity index (χ0v) is 26.9. The van der Waals surface area contributed by atoms with E-state index >= 15 is 0 Å². The van der Waals surface area contributed by atoms with Gasteiger partial charge in [0.15, 0.2) is 0 Å². The summed E-state index contributed by atoms with van der Waals surface area (Å²) in [5.74, 6) is -0.0967. The minimum atomic E-state index is -0.0967. The Balaban J connectivity index is 0.995. The van der Waals surface area contributed by atoms with Crippen molar-refractivity contribution in [2.24, 2.45) is 0 Å². The highest BCUT2D eigenvalue weighted by Gasteiger charge is 2.42. The van der Waals surface area contributed by atoms with Crippen molar-refractivity contribution >= 4 is 5.97 Å². The van der Waals surface area contributed by atoms with E-state index in [1.807, 2.05) is 13.0 Å². The fourth-order valence-corrected chi connectivity index (χ4v) is 6.47. The summed E-state index contributed by atoms with van der Waals surface area (Å²) in [5, 5.41) is 0. The molecule has 5 atom stereocenters. The third-order valence-electron chi connectivity index (χ3n) is 9.30. The molecule has 0 aromatic carbocycles. The minimum Gasteiger partial charge on any atom is -0.455 e. The quantitative estimate of drug-likeness (QED) is 0.0405. The molecule has 0 saturated carbocycles. The van der Waals surface area contributed by atoms with Crippen LogP contribution in [0.25, 0.3) is 0 Å². The Morgan fingerprint density at radius 3 is 1.73 bits per heavy atom. The van der Waals surface area contributed by atoms with Crippen molar-refractivity contribution in [1.29, 1.82) is 0 Å². The number of esters is 1. The van der Waals surface area contributed by atoms with Gasteiger partial charge in [0.05, 0.1) is 24.4 Å². The Morgan fingerprint density at radius 2 is 1.12 bits per heavy atom. The Kier molecular flexibility index (Phi) is 18.1. The van der Waals surface area contributed by atoms with Crippen LogP contribution in [0.5, 0.6) is 0 Å². The highest BCUT2D eigenvalue weighted by molar-refractivity contribution is 5.90. The maximum absolute atomic E-state index is 11.6. The highest BCUT2D eigenvalue weighted by Crippen LogP contribution is 2.36. The van der Waals surface area contributed by atoms with Gasteiger partial charge in [0.1, 0.15) is 6.10 Å². The number of carbonyl (C=O) groups excluding carboxylic acids is 1. The van der Waals surface area contributed by atoms with Crippen molar-refractivity contribution in [2.75, 3.05) is 0 Å². The first-order chi connectivity index (χ1) is 20.2. The van der Waals surface area contributed by atoms with E-state index in [9.17, 15) is 4.79 Å².